The van der Waals surface area contributed by atoms with E-state index in [-0.39, 0.29) is 0 Å². The molecule has 2 aromatic carbocycles. The predicted molar refractivity (Wildman–Crippen MR) is 99.8 cm³/mol. The highest BCUT2D eigenvalue weighted by Crippen LogP contribution is 2.21. The van der Waals surface area contributed by atoms with Crippen LogP contribution < -0.4 is 9.47 Å². The molecule has 0 saturated heterocycles. The summed E-state index contributed by atoms with van der Waals surface area (Å²) in [6, 6.07) is 17.9. The normalized spacial score (nSPS) is 11.0. The van der Waals surface area contributed by atoms with Gasteiger partial charge in [0.25, 0.3) is 0 Å². The van der Waals surface area contributed by atoms with E-state index in [1.807, 2.05) is 47.0 Å². The number of aryl methyl sites for hydroxylation is 2. The van der Waals surface area contributed by atoms with Gasteiger partial charge in [-0.05, 0) is 24.1 Å². The number of ether oxygens (including phenoxy) is 2. The molecule has 2 heterocycles. The number of nitrogens with zero attached hydrogens (tertiary/aromatic N) is 4. The van der Waals surface area contributed by atoms with Crippen LogP contribution in [-0.4, -0.2) is 26.9 Å². The summed E-state index contributed by atoms with van der Waals surface area (Å²) in [6.07, 6.45) is 1.71. The second-order valence-electron chi connectivity index (χ2n) is 5.76. The number of fused-ring (bicyclic) bond motifs is 1. The molecule has 6 nitrogen and oxygen atoms in total. The summed E-state index contributed by atoms with van der Waals surface area (Å²) in [5.41, 5.74) is 1.28. The fourth-order valence-corrected chi connectivity index (χ4v) is 3.41. The third kappa shape index (κ3) is 3.67. The summed E-state index contributed by atoms with van der Waals surface area (Å²) in [4.78, 5) is 0.789. The van der Waals surface area contributed by atoms with Gasteiger partial charge in [-0.15, -0.1) is 10.2 Å². The zero-order valence-electron chi connectivity index (χ0n) is 14.3. The average Bonchev–Trinajstić information content (AvgIpc) is 3.26. The Labute approximate surface area is 155 Å². The predicted octanol–water partition coefficient (Wildman–Crippen LogP) is 3.56. The van der Waals surface area contributed by atoms with Crippen LogP contribution in [0.4, 0.5) is 0 Å². The van der Waals surface area contributed by atoms with Crippen molar-refractivity contribution in [3.8, 4) is 11.5 Å². The molecule has 0 saturated carbocycles. The van der Waals surface area contributed by atoms with Crippen molar-refractivity contribution >= 4 is 16.3 Å². The molecule has 0 aliphatic rings. The van der Waals surface area contributed by atoms with Crippen LogP contribution in [-0.2, 0) is 19.4 Å². The maximum absolute atomic E-state index is 5.81. The SMILES string of the molecule is COc1cccc(OCc2nn3c(CCc4ccccc4)nnc3s2)c1. The zero-order chi connectivity index (χ0) is 17.8. The van der Waals surface area contributed by atoms with Gasteiger partial charge >= 0.3 is 0 Å². The zero-order valence-corrected chi connectivity index (χ0v) is 15.1. The monoisotopic (exact) mass is 366 g/mol. The van der Waals surface area contributed by atoms with Crippen LogP contribution in [0.25, 0.3) is 4.96 Å². The number of hydrogen-bond acceptors (Lipinski definition) is 6. The quantitative estimate of drug-likeness (QED) is 0.500. The number of benzene rings is 2. The molecule has 0 bridgehead atoms. The van der Waals surface area contributed by atoms with E-state index in [0.29, 0.717) is 6.61 Å². The molecule has 132 valence electrons. The van der Waals surface area contributed by atoms with Gasteiger partial charge in [-0.3, -0.25) is 0 Å². The molecular formula is C19H18N4O2S. The van der Waals surface area contributed by atoms with Crippen molar-refractivity contribution in [3.63, 3.8) is 0 Å². The van der Waals surface area contributed by atoms with Crippen molar-refractivity contribution in [1.82, 2.24) is 19.8 Å². The number of methoxy groups -OCH3 is 1. The summed E-state index contributed by atoms with van der Waals surface area (Å²) in [7, 11) is 1.64. The van der Waals surface area contributed by atoms with Gasteiger partial charge in [0, 0.05) is 12.5 Å². The van der Waals surface area contributed by atoms with Crippen molar-refractivity contribution in [2.45, 2.75) is 19.4 Å². The standard InChI is InChI=1S/C19H18N4O2S/c1-24-15-8-5-9-16(12-15)25-13-18-22-23-17(20-21-19(23)26-18)11-10-14-6-3-2-4-7-14/h2-9,12H,10-11,13H2,1H3. The van der Waals surface area contributed by atoms with Gasteiger partial charge in [0.15, 0.2) is 10.8 Å². The summed E-state index contributed by atoms with van der Waals surface area (Å²) in [5, 5.41) is 13.9. The van der Waals surface area contributed by atoms with Gasteiger partial charge in [0.2, 0.25) is 4.96 Å². The maximum atomic E-state index is 5.81. The Hall–Kier alpha value is -2.93. The fraction of sp³-hybridized carbons (Fsp3) is 0.211. The van der Waals surface area contributed by atoms with Gasteiger partial charge in [-0.2, -0.15) is 9.61 Å². The highest BCUT2D eigenvalue weighted by atomic mass is 32.1. The van der Waals surface area contributed by atoms with Crippen molar-refractivity contribution in [3.05, 3.63) is 71.0 Å². The van der Waals surface area contributed by atoms with Gasteiger partial charge < -0.3 is 9.47 Å². The Morgan fingerprint density at radius 3 is 2.65 bits per heavy atom. The Kier molecular flexibility index (Phi) is 4.79. The van der Waals surface area contributed by atoms with Crippen molar-refractivity contribution < 1.29 is 9.47 Å². The first-order valence-corrected chi connectivity index (χ1v) is 9.14. The topological polar surface area (TPSA) is 61.5 Å². The lowest BCUT2D eigenvalue weighted by molar-refractivity contribution is 0.301. The van der Waals surface area contributed by atoms with Crippen LogP contribution in [0.15, 0.2) is 54.6 Å². The van der Waals surface area contributed by atoms with Gasteiger partial charge in [-0.1, -0.05) is 47.7 Å². The van der Waals surface area contributed by atoms with E-state index in [4.69, 9.17) is 9.47 Å². The average molecular weight is 366 g/mol. The first-order chi connectivity index (χ1) is 12.8. The lowest BCUT2D eigenvalue weighted by atomic mass is 10.1. The molecule has 0 atom stereocenters. The van der Waals surface area contributed by atoms with E-state index >= 15 is 0 Å². The molecule has 0 unspecified atom stereocenters. The maximum Gasteiger partial charge on any atom is 0.234 e. The van der Waals surface area contributed by atoms with Crippen LogP contribution in [0.3, 0.4) is 0 Å². The Balaban J connectivity index is 1.43. The second-order valence-corrected chi connectivity index (χ2v) is 6.80. The van der Waals surface area contributed by atoms with E-state index in [1.165, 1.54) is 16.9 Å². The first-order valence-electron chi connectivity index (χ1n) is 8.32. The summed E-state index contributed by atoms with van der Waals surface area (Å²) in [5.74, 6) is 2.39. The third-order valence-corrected chi connectivity index (χ3v) is 4.85. The minimum atomic E-state index is 0.388. The number of hydrogen-bond donors (Lipinski definition) is 0. The number of aromatic nitrogens is 4. The van der Waals surface area contributed by atoms with Gasteiger partial charge in [0.1, 0.15) is 18.1 Å². The Morgan fingerprint density at radius 1 is 0.962 bits per heavy atom. The summed E-state index contributed by atoms with van der Waals surface area (Å²) >= 11 is 1.49. The van der Waals surface area contributed by atoms with E-state index < -0.39 is 0 Å². The molecule has 0 fully saturated rings. The molecule has 0 N–H and O–H groups in total. The largest absolute Gasteiger partial charge is 0.497 e. The lowest BCUT2D eigenvalue weighted by Gasteiger charge is -2.05. The molecule has 7 heteroatoms. The fourth-order valence-electron chi connectivity index (χ4n) is 2.65. The highest BCUT2D eigenvalue weighted by molar-refractivity contribution is 7.16. The second kappa shape index (κ2) is 7.53. The van der Waals surface area contributed by atoms with Crippen molar-refractivity contribution in [2.75, 3.05) is 7.11 Å². The molecule has 4 aromatic rings. The summed E-state index contributed by atoms with van der Waals surface area (Å²) < 4.78 is 12.8. The van der Waals surface area contributed by atoms with Crippen LogP contribution in [0.2, 0.25) is 0 Å². The lowest BCUT2D eigenvalue weighted by Crippen LogP contribution is -2.01. The van der Waals surface area contributed by atoms with Crippen LogP contribution in [0.5, 0.6) is 11.5 Å². The first kappa shape index (κ1) is 16.5. The number of rotatable bonds is 7. The minimum absolute atomic E-state index is 0.388. The smallest absolute Gasteiger partial charge is 0.234 e. The molecule has 0 radical (unpaired) electrons. The van der Waals surface area contributed by atoms with Gasteiger partial charge in [-0.25, -0.2) is 0 Å². The van der Waals surface area contributed by atoms with E-state index in [1.54, 1.807) is 7.11 Å². The summed E-state index contributed by atoms with van der Waals surface area (Å²) in [6.45, 7) is 0.388. The molecule has 0 aliphatic carbocycles. The highest BCUT2D eigenvalue weighted by Gasteiger charge is 2.12. The third-order valence-electron chi connectivity index (χ3n) is 3.98. The van der Waals surface area contributed by atoms with E-state index in [9.17, 15) is 0 Å². The Bertz CT molecular complexity index is 997. The van der Waals surface area contributed by atoms with Crippen LogP contribution in [0, 0.1) is 0 Å². The van der Waals surface area contributed by atoms with Crippen molar-refractivity contribution in [2.24, 2.45) is 0 Å². The molecule has 0 aliphatic heterocycles. The molecule has 4 rings (SSSR count). The molecule has 0 spiro atoms. The van der Waals surface area contributed by atoms with E-state index in [0.717, 1.165) is 40.1 Å². The molecule has 2 aromatic heterocycles. The molecular weight excluding hydrogens is 348 g/mol. The van der Waals surface area contributed by atoms with Gasteiger partial charge in [0.05, 0.1) is 7.11 Å². The van der Waals surface area contributed by atoms with Crippen LogP contribution in [0.1, 0.15) is 16.4 Å². The molecule has 26 heavy (non-hydrogen) atoms. The molecule has 0 amide bonds. The minimum Gasteiger partial charge on any atom is -0.497 e. The van der Waals surface area contributed by atoms with Crippen LogP contribution >= 0.6 is 11.3 Å². The van der Waals surface area contributed by atoms with E-state index in [2.05, 4.69) is 27.4 Å². The Morgan fingerprint density at radius 2 is 1.81 bits per heavy atom. The van der Waals surface area contributed by atoms with Crippen molar-refractivity contribution in [1.29, 1.82) is 0 Å².